The van der Waals surface area contributed by atoms with Gasteiger partial charge in [0.1, 0.15) is 11.9 Å². The van der Waals surface area contributed by atoms with Crippen LogP contribution >= 0.6 is 0 Å². The van der Waals surface area contributed by atoms with Crippen LogP contribution < -0.4 is 19.3 Å². The van der Waals surface area contributed by atoms with Crippen LogP contribution in [0.15, 0.2) is 36.5 Å². The van der Waals surface area contributed by atoms with Gasteiger partial charge in [-0.1, -0.05) is 18.2 Å². The van der Waals surface area contributed by atoms with Crippen molar-refractivity contribution in [2.75, 3.05) is 36.5 Å². The third kappa shape index (κ3) is 3.14. The van der Waals surface area contributed by atoms with Gasteiger partial charge in [0.05, 0.1) is 18.6 Å². The predicted octanol–water partition coefficient (Wildman–Crippen LogP) is 3.06. The van der Waals surface area contributed by atoms with E-state index in [1.54, 1.807) is 7.11 Å². The van der Waals surface area contributed by atoms with E-state index < -0.39 is 6.10 Å². The maximum absolute atomic E-state index is 10.3. The summed E-state index contributed by atoms with van der Waals surface area (Å²) in [6.45, 7) is 7.58. The van der Waals surface area contributed by atoms with E-state index in [9.17, 15) is 5.11 Å². The van der Waals surface area contributed by atoms with E-state index in [1.165, 1.54) is 11.1 Å². The van der Waals surface area contributed by atoms with Crippen LogP contribution in [0.25, 0.3) is 0 Å². The molecule has 3 atom stereocenters. The van der Waals surface area contributed by atoms with Gasteiger partial charge in [0.15, 0.2) is 11.5 Å². The van der Waals surface area contributed by atoms with Crippen molar-refractivity contribution < 1.29 is 14.6 Å². The molecule has 31 heavy (non-hydrogen) atoms. The number of rotatable bonds is 5. The molecule has 7 nitrogen and oxygen atoms in total. The summed E-state index contributed by atoms with van der Waals surface area (Å²) in [5, 5.41) is 10.3. The smallest absolute Gasteiger partial charge is 0.227 e. The standard InChI is InChI=1S/C24H30N4O3/c1-4-27(5-2)23-25-12-9-20(26-23)28-13-11-24-10-8-17(29)14-19(24)31-22-18(30-3)7-6-16(15-28)21(22)24/h6-10,12,17,19,29H,4-5,11,13-15H2,1-3H3/t17-,19-,24?/m1/s1. The molecule has 164 valence electrons. The van der Waals surface area contributed by atoms with Crippen LogP contribution in [0.1, 0.15) is 37.8 Å². The first-order valence-corrected chi connectivity index (χ1v) is 11.2. The highest BCUT2D eigenvalue weighted by atomic mass is 16.5. The Morgan fingerprint density at radius 3 is 2.90 bits per heavy atom. The van der Waals surface area contributed by atoms with Crippen LogP contribution in [0, 0.1) is 0 Å². The van der Waals surface area contributed by atoms with Crippen molar-refractivity contribution in [2.24, 2.45) is 0 Å². The Kier molecular flexibility index (Phi) is 5.01. The molecule has 0 saturated heterocycles. The van der Waals surface area contributed by atoms with Crippen molar-refractivity contribution in [3.05, 3.63) is 47.7 Å². The van der Waals surface area contributed by atoms with Crippen molar-refractivity contribution >= 4 is 11.8 Å². The maximum atomic E-state index is 10.3. The summed E-state index contributed by atoms with van der Waals surface area (Å²) in [5.74, 6) is 3.30. The number of aliphatic hydroxyl groups excluding tert-OH is 1. The Labute approximate surface area is 183 Å². The summed E-state index contributed by atoms with van der Waals surface area (Å²) < 4.78 is 12.0. The minimum atomic E-state index is -0.475. The van der Waals surface area contributed by atoms with Crippen LogP contribution in [-0.4, -0.2) is 54.0 Å². The molecular formula is C24H30N4O3. The largest absolute Gasteiger partial charge is 0.493 e. The van der Waals surface area contributed by atoms with Gasteiger partial charge in [0.25, 0.3) is 0 Å². The molecule has 0 radical (unpaired) electrons. The molecule has 3 aliphatic rings. The third-order valence-electron chi connectivity index (χ3n) is 6.95. The summed E-state index contributed by atoms with van der Waals surface area (Å²) in [5.41, 5.74) is 2.18. The molecule has 0 bridgehead atoms. The number of nitrogens with zero attached hydrogens (tertiary/aromatic N) is 4. The fourth-order valence-electron chi connectivity index (χ4n) is 5.31. The number of ether oxygens (including phenoxy) is 2. The lowest BCUT2D eigenvalue weighted by molar-refractivity contribution is 0.0856. The monoisotopic (exact) mass is 422 g/mol. The lowest BCUT2D eigenvalue weighted by Crippen LogP contribution is -2.43. The van der Waals surface area contributed by atoms with E-state index in [1.807, 2.05) is 24.4 Å². The molecule has 0 fully saturated rings. The van der Waals surface area contributed by atoms with Crippen molar-refractivity contribution in [2.45, 2.75) is 50.9 Å². The van der Waals surface area contributed by atoms with E-state index in [-0.39, 0.29) is 11.5 Å². The zero-order valence-electron chi connectivity index (χ0n) is 18.4. The van der Waals surface area contributed by atoms with Gasteiger partial charge in [0.2, 0.25) is 5.95 Å². The first-order valence-electron chi connectivity index (χ1n) is 11.2. The molecule has 0 amide bonds. The van der Waals surface area contributed by atoms with Crippen LogP contribution in [0.4, 0.5) is 11.8 Å². The summed E-state index contributed by atoms with van der Waals surface area (Å²) in [6.07, 6.45) is 6.87. The Balaban J connectivity index is 1.57. The van der Waals surface area contributed by atoms with Crippen LogP contribution in [0.2, 0.25) is 0 Å². The number of aromatic nitrogens is 2. The molecule has 3 heterocycles. The second kappa shape index (κ2) is 7.71. The first-order chi connectivity index (χ1) is 15.1. The van der Waals surface area contributed by atoms with Gasteiger partial charge in [-0.25, -0.2) is 4.98 Å². The zero-order valence-corrected chi connectivity index (χ0v) is 18.4. The fraction of sp³-hybridized carbons (Fsp3) is 0.500. The zero-order chi connectivity index (χ0) is 21.6. The summed E-state index contributed by atoms with van der Waals surface area (Å²) in [6, 6.07) is 6.13. The number of anilines is 2. The molecule has 1 spiro atoms. The summed E-state index contributed by atoms with van der Waals surface area (Å²) in [7, 11) is 1.68. The van der Waals surface area contributed by atoms with E-state index in [0.717, 1.165) is 55.9 Å². The van der Waals surface area contributed by atoms with Crippen molar-refractivity contribution in [1.29, 1.82) is 0 Å². The SMILES string of the molecule is CCN(CC)c1nccc(N2CCC34C=C[C@@H](O)C[C@H]3Oc3c(OC)ccc(c34)C2)n1. The summed E-state index contributed by atoms with van der Waals surface area (Å²) >= 11 is 0. The average molecular weight is 423 g/mol. The molecule has 0 saturated carbocycles. The molecule has 2 aliphatic heterocycles. The van der Waals surface area contributed by atoms with E-state index in [0.29, 0.717) is 6.42 Å². The average Bonchev–Trinajstić information content (AvgIpc) is 3.02. The number of hydrogen-bond acceptors (Lipinski definition) is 7. The van der Waals surface area contributed by atoms with Gasteiger partial charge < -0.3 is 24.4 Å². The Morgan fingerprint density at radius 1 is 1.29 bits per heavy atom. The maximum Gasteiger partial charge on any atom is 0.227 e. The van der Waals surface area contributed by atoms with Gasteiger partial charge in [-0.3, -0.25) is 0 Å². The van der Waals surface area contributed by atoms with Gasteiger partial charge in [-0.15, -0.1) is 0 Å². The third-order valence-corrected chi connectivity index (χ3v) is 6.95. The molecule has 7 heteroatoms. The van der Waals surface area contributed by atoms with Crippen molar-refractivity contribution in [3.8, 4) is 11.5 Å². The predicted molar refractivity (Wildman–Crippen MR) is 120 cm³/mol. The highest BCUT2D eigenvalue weighted by Gasteiger charge is 2.52. The van der Waals surface area contributed by atoms with Crippen LogP contribution in [0.5, 0.6) is 11.5 Å². The van der Waals surface area contributed by atoms with E-state index >= 15 is 0 Å². The molecular weight excluding hydrogens is 392 g/mol. The topological polar surface area (TPSA) is 71.0 Å². The highest BCUT2D eigenvalue weighted by molar-refractivity contribution is 5.62. The normalized spacial score (nSPS) is 26.0. The van der Waals surface area contributed by atoms with Gasteiger partial charge in [-0.05, 0) is 38.0 Å². The molecule has 5 rings (SSSR count). The highest BCUT2D eigenvalue weighted by Crippen LogP contribution is 2.55. The van der Waals surface area contributed by atoms with E-state index in [2.05, 4.69) is 40.8 Å². The Bertz CT molecular complexity index is 1010. The fourth-order valence-corrected chi connectivity index (χ4v) is 5.31. The van der Waals surface area contributed by atoms with Crippen LogP contribution in [0.3, 0.4) is 0 Å². The minimum absolute atomic E-state index is 0.0888. The molecule has 1 N–H and O–H groups in total. The van der Waals surface area contributed by atoms with Gasteiger partial charge >= 0.3 is 0 Å². The Morgan fingerprint density at radius 2 is 2.13 bits per heavy atom. The van der Waals surface area contributed by atoms with Gasteiger partial charge in [-0.2, -0.15) is 4.98 Å². The molecule has 1 aromatic carbocycles. The number of hydrogen-bond donors (Lipinski definition) is 1. The minimum Gasteiger partial charge on any atom is -0.493 e. The Hall–Kier alpha value is -2.80. The van der Waals surface area contributed by atoms with Crippen molar-refractivity contribution in [1.82, 2.24) is 9.97 Å². The molecule has 2 aromatic rings. The lowest BCUT2D eigenvalue weighted by atomic mass is 9.69. The quantitative estimate of drug-likeness (QED) is 0.743. The van der Waals surface area contributed by atoms with Gasteiger partial charge in [0, 0.05) is 44.4 Å². The number of aliphatic hydroxyl groups is 1. The second-order valence-electron chi connectivity index (χ2n) is 8.50. The second-order valence-corrected chi connectivity index (χ2v) is 8.50. The number of benzene rings is 1. The summed E-state index contributed by atoms with van der Waals surface area (Å²) in [4.78, 5) is 13.9. The van der Waals surface area contributed by atoms with E-state index in [4.69, 9.17) is 14.5 Å². The number of methoxy groups -OCH3 is 1. The lowest BCUT2D eigenvalue weighted by Gasteiger charge is -2.36. The van der Waals surface area contributed by atoms with Crippen molar-refractivity contribution in [3.63, 3.8) is 0 Å². The first kappa shape index (κ1) is 20.1. The molecule has 1 aromatic heterocycles. The van der Waals surface area contributed by atoms with Crippen LogP contribution in [-0.2, 0) is 12.0 Å². The molecule has 1 unspecified atom stereocenters. The molecule has 1 aliphatic carbocycles.